The van der Waals surface area contributed by atoms with Gasteiger partial charge in [-0.05, 0) is 36.5 Å². The molecule has 108 valence electrons. The van der Waals surface area contributed by atoms with Gasteiger partial charge in [0.2, 0.25) is 5.91 Å². The number of aliphatic hydroxyl groups is 1. The summed E-state index contributed by atoms with van der Waals surface area (Å²) in [6.07, 6.45) is 5.66. The minimum Gasteiger partial charge on any atom is -0.388 e. The lowest BCUT2D eigenvalue weighted by atomic mass is 9.92. The lowest BCUT2D eigenvalue weighted by Crippen LogP contribution is -2.20. The molecule has 1 aliphatic carbocycles. The number of halogens is 1. The second kappa shape index (κ2) is 5.52. The number of rotatable bonds is 3. The predicted octanol–water partition coefficient (Wildman–Crippen LogP) is 3.32. The Morgan fingerprint density at radius 3 is 2.80 bits per heavy atom. The smallest absolute Gasteiger partial charge is 0.224 e. The number of hydrogen-bond acceptors (Lipinski definition) is 2. The minimum absolute atomic E-state index is 0.0730. The van der Waals surface area contributed by atoms with E-state index in [0.717, 1.165) is 18.4 Å². The predicted molar refractivity (Wildman–Crippen MR) is 74.9 cm³/mol. The Morgan fingerprint density at radius 1 is 1.30 bits per heavy atom. The van der Waals surface area contributed by atoms with E-state index < -0.39 is 11.9 Å². The van der Waals surface area contributed by atoms with Crippen LogP contribution in [0.4, 0.5) is 10.1 Å². The van der Waals surface area contributed by atoms with Gasteiger partial charge in [-0.3, -0.25) is 4.79 Å². The van der Waals surface area contributed by atoms with Crippen molar-refractivity contribution in [3.8, 4) is 0 Å². The van der Waals surface area contributed by atoms with Crippen molar-refractivity contribution < 1.29 is 14.3 Å². The second-order valence-electron chi connectivity index (χ2n) is 5.98. The maximum Gasteiger partial charge on any atom is 0.224 e. The molecular weight excluding hydrogens is 257 g/mol. The van der Waals surface area contributed by atoms with Gasteiger partial charge in [0, 0.05) is 17.7 Å². The van der Waals surface area contributed by atoms with Gasteiger partial charge in [0.1, 0.15) is 5.82 Å². The highest BCUT2D eigenvalue weighted by atomic mass is 19.1. The Hall–Kier alpha value is -1.42. The molecule has 4 heteroatoms. The molecule has 1 amide bonds. The summed E-state index contributed by atoms with van der Waals surface area (Å²) in [4.78, 5) is 11.3. The van der Waals surface area contributed by atoms with E-state index in [2.05, 4.69) is 5.32 Å². The van der Waals surface area contributed by atoms with E-state index in [4.69, 9.17) is 0 Å². The van der Waals surface area contributed by atoms with Gasteiger partial charge in [-0.1, -0.05) is 25.7 Å². The fraction of sp³-hybridized carbons (Fsp3) is 0.562. The number of fused-ring (bicyclic) bond motifs is 1. The maximum atomic E-state index is 14.1. The molecule has 1 fully saturated rings. The van der Waals surface area contributed by atoms with Gasteiger partial charge in [-0.25, -0.2) is 4.39 Å². The normalized spacial score (nSPS) is 20.6. The molecule has 2 aliphatic rings. The van der Waals surface area contributed by atoms with Gasteiger partial charge in [-0.2, -0.15) is 0 Å². The van der Waals surface area contributed by atoms with Gasteiger partial charge in [0.05, 0.1) is 6.10 Å². The molecule has 0 aromatic heterocycles. The van der Waals surface area contributed by atoms with E-state index >= 15 is 0 Å². The second-order valence-corrected chi connectivity index (χ2v) is 5.98. The highest BCUT2D eigenvalue weighted by Gasteiger charge is 2.24. The van der Waals surface area contributed by atoms with E-state index in [9.17, 15) is 14.3 Å². The summed E-state index contributed by atoms with van der Waals surface area (Å²) in [5, 5.41) is 13.0. The molecule has 1 aromatic carbocycles. The number of aryl methyl sites for hydroxylation is 1. The van der Waals surface area contributed by atoms with Crippen LogP contribution in [0.2, 0.25) is 0 Å². The maximum absolute atomic E-state index is 14.1. The van der Waals surface area contributed by atoms with Crippen LogP contribution in [-0.2, 0) is 11.2 Å². The summed E-state index contributed by atoms with van der Waals surface area (Å²) in [7, 11) is 0. The van der Waals surface area contributed by atoms with E-state index in [1.54, 1.807) is 6.07 Å². The number of aliphatic hydroxyl groups excluding tert-OH is 1. The number of carbonyl (C=O) groups excluding carboxylic acids is 1. The largest absolute Gasteiger partial charge is 0.388 e. The van der Waals surface area contributed by atoms with Crippen LogP contribution in [0.5, 0.6) is 0 Å². The third-order valence-corrected chi connectivity index (χ3v) is 4.51. The molecule has 1 aliphatic heterocycles. The quantitative estimate of drug-likeness (QED) is 0.890. The fourth-order valence-corrected chi connectivity index (χ4v) is 3.37. The number of benzene rings is 1. The van der Waals surface area contributed by atoms with Crippen LogP contribution in [0, 0.1) is 11.7 Å². The highest BCUT2D eigenvalue weighted by molar-refractivity contribution is 5.93. The molecule has 0 radical (unpaired) electrons. The van der Waals surface area contributed by atoms with Crippen LogP contribution < -0.4 is 5.32 Å². The molecule has 3 rings (SSSR count). The molecule has 1 atom stereocenters. The molecule has 2 N–H and O–H groups in total. The summed E-state index contributed by atoms with van der Waals surface area (Å²) in [6, 6.07) is 3.07. The monoisotopic (exact) mass is 277 g/mol. The lowest BCUT2D eigenvalue weighted by Gasteiger charge is -2.21. The summed E-state index contributed by atoms with van der Waals surface area (Å²) in [5.41, 5.74) is 1.86. The molecule has 0 saturated heterocycles. The first-order valence-corrected chi connectivity index (χ1v) is 7.43. The average Bonchev–Trinajstić information content (AvgIpc) is 2.90. The number of anilines is 1. The molecule has 1 unspecified atom stereocenters. The van der Waals surface area contributed by atoms with Crippen LogP contribution in [0.25, 0.3) is 0 Å². The van der Waals surface area contributed by atoms with Crippen molar-refractivity contribution in [2.45, 2.75) is 51.0 Å². The van der Waals surface area contributed by atoms with Crippen molar-refractivity contribution >= 4 is 11.6 Å². The van der Waals surface area contributed by atoms with Crippen LogP contribution >= 0.6 is 0 Å². The first-order chi connectivity index (χ1) is 9.63. The van der Waals surface area contributed by atoms with Crippen molar-refractivity contribution in [1.82, 2.24) is 0 Å². The van der Waals surface area contributed by atoms with Gasteiger partial charge < -0.3 is 10.4 Å². The van der Waals surface area contributed by atoms with Crippen LogP contribution in [0.3, 0.4) is 0 Å². The molecule has 1 saturated carbocycles. The zero-order valence-electron chi connectivity index (χ0n) is 11.5. The summed E-state index contributed by atoms with van der Waals surface area (Å²) >= 11 is 0. The third-order valence-electron chi connectivity index (χ3n) is 4.51. The zero-order chi connectivity index (χ0) is 14.1. The number of hydrogen-bond donors (Lipinski definition) is 2. The van der Waals surface area contributed by atoms with Gasteiger partial charge >= 0.3 is 0 Å². The Balaban J connectivity index is 1.80. The van der Waals surface area contributed by atoms with Crippen LogP contribution in [0.1, 0.15) is 55.8 Å². The van der Waals surface area contributed by atoms with E-state index in [-0.39, 0.29) is 5.91 Å². The number of amides is 1. The van der Waals surface area contributed by atoms with Gasteiger partial charge in [0.25, 0.3) is 0 Å². The topological polar surface area (TPSA) is 49.3 Å². The average molecular weight is 277 g/mol. The minimum atomic E-state index is -0.735. The van der Waals surface area contributed by atoms with Crippen LogP contribution in [0.15, 0.2) is 12.1 Å². The Bertz CT molecular complexity index is 523. The summed E-state index contributed by atoms with van der Waals surface area (Å²) in [5.74, 6) is 0.0211. The molecule has 1 heterocycles. The fourth-order valence-electron chi connectivity index (χ4n) is 3.37. The SMILES string of the molecule is O=C1CCc2cc(C(O)CC3CCCC3)c(F)cc2N1. The van der Waals surface area contributed by atoms with Gasteiger partial charge in [-0.15, -0.1) is 0 Å². The molecule has 0 bridgehead atoms. The Kier molecular flexibility index (Phi) is 3.74. The Labute approximate surface area is 118 Å². The zero-order valence-corrected chi connectivity index (χ0v) is 11.5. The summed E-state index contributed by atoms with van der Waals surface area (Å²) in [6.45, 7) is 0. The van der Waals surface area contributed by atoms with Crippen molar-refractivity contribution in [2.24, 2.45) is 5.92 Å². The van der Waals surface area contributed by atoms with E-state index in [1.807, 2.05) is 0 Å². The Morgan fingerprint density at radius 2 is 2.05 bits per heavy atom. The highest BCUT2D eigenvalue weighted by Crippen LogP contribution is 2.35. The first-order valence-electron chi connectivity index (χ1n) is 7.43. The molecule has 1 aromatic rings. The van der Waals surface area contributed by atoms with Crippen molar-refractivity contribution in [2.75, 3.05) is 5.32 Å². The van der Waals surface area contributed by atoms with E-state index in [1.165, 1.54) is 18.9 Å². The van der Waals surface area contributed by atoms with E-state index in [0.29, 0.717) is 36.4 Å². The molecule has 0 spiro atoms. The van der Waals surface area contributed by atoms with Crippen molar-refractivity contribution in [1.29, 1.82) is 0 Å². The molecule has 20 heavy (non-hydrogen) atoms. The summed E-state index contributed by atoms with van der Waals surface area (Å²) < 4.78 is 14.1. The third kappa shape index (κ3) is 2.70. The van der Waals surface area contributed by atoms with Crippen LogP contribution in [-0.4, -0.2) is 11.0 Å². The lowest BCUT2D eigenvalue weighted by molar-refractivity contribution is -0.116. The van der Waals surface area contributed by atoms with Crippen molar-refractivity contribution in [3.05, 3.63) is 29.1 Å². The van der Waals surface area contributed by atoms with Gasteiger partial charge in [0.15, 0.2) is 0 Å². The number of nitrogens with one attached hydrogen (secondary N) is 1. The molecular formula is C16H20FNO2. The standard InChI is InChI=1S/C16H20FNO2/c17-13-9-14-11(5-6-16(20)18-14)8-12(13)15(19)7-10-3-1-2-4-10/h8-10,15,19H,1-7H2,(H,18,20). The molecule has 3 nitrogen and oxygen atoms in total. The number of carbonyl (C=O) groups is 1. The first kappa shape index (κ1) is 13.6. The van der Waals surface area contributed by atoms with Crippen molar-refractivity contribution in [3.63, 3.8) is 0 Å².